The number of thioether (sulfide) groups is 1. The normalized spacial score (nSPS) is 25.2. The minimum Gasteiger partial charge on any atom is -1.00 e. The Hall–Kier alpha value is -0.0303. The average molecular weight is 347 g/mol. The summed E-state index contributed by atoms with van der Waals surface area (Å²) >= 11 is 1.76. The van der Waals surface area contributed by atoms with Crippen LogP contribution in [0.2, 0.25) is 0 Å². The molecule has 1 aromatic carbocycles. The molecule has 1 heterocycles. The van der Waals surface area contributed by atoms with Crippen LogP contribution in [0.4, 0.5) is 0 Å². The molecule has 1 fully saturated rings. The SMILES string of the molecule is CC(C(=O)O)c1ccc2c(c1)C(=O)C1CCCCC1CS2.[Ca+2].[H-].[H-]. The number of aliphatic carboxylic acids is 1. The Morgan fingerprint density at radius 3 is 2.82 bits per heavy atom. The van der Waals surface area contributed by atoms with Crippen LogP contribution in [0.3, 0.4) is 0 Å². The maximum atomic E-state index is 12.9. The molecule has 3 rings (SSSR count). The Morgan fingerprint density at radius 1 is 1.36 bits per heavy atom. The first-order valence-electron chi connectivity index (χ1n) is 7.61. The average Bonchev–Trinajstić information content (AvgIpc) is 2.64. The van der Waals surface area contributed by atoms with Gasteiger partial charge in [-0.2, -0.15) is 0 Å². The largest absolute Gasteiger partial charge is 2.00 e. The van der Waals surface area contributed by atoms with Crippen molar-refractivity contribution in [1.82, 2.24) is 0 Å². The molecular weight excluding hydrogens is 324 g/mol. The fourth-order valence-corrected chi connectivity index (χ4v) is 4.70. The van der Waals surface area contributed by atoms with E-state index in [0.29, 0.717) is 5.92 Å². The van der Waals surface area contributed by atoms with Gasteiger partial charge >= 0.3 is 43.7 Å². The minimum absolute atomic E-state index is 0. The maximum Gasteiger partial charge on any atom is 2.00 e. The van der Waals surface area contributed by atoms with Crippen molar-refractivity contribution >= 4 is 61.3 Å². The van der Waals surface area contributed by atoms with E-state index >= 15 is 0 Å². The molecule has 3 nitrogen and oxygen atoms in total. The molecule has 1 N–H and O–H groups in total. The van der Waals surface area contributed by atoms with Crippen molar-refractivity contribution < 1.29 is 17.5 Å². The zero-order valence-electron chi connectivity index (χ0n) is 14.9. The molecule has 22 heavy (non-hydrogen) atoms. The molecule has 0 spiro atoms. The summed E-state index contributed by atoms with van der Waals surface area (Å²) in [5, 5.41) is 9.16. The molecule has 1 aromatic rings. The van der Waals surface area contributed by atoms with E-state index in [9.17, 15) is 9.59 Å². The third-order valence-electron chi connectivity index (χ3n) is 4.84. The molecular formula is C17H22CaO3S. The van der Waals surface area contributed by atoms with E-state index in [4.69, 9.17) is 5.11 Å². The van der Waals surface area contributed by atoms with Crippen molar-refractivity contribution in [3.05, 3.63) is 29.3 Å². The van der Waals surface area contributed by atoms with Crippen LogP contribution < -0.4 is 0 Å². The number of Topliss-reactive ketones (excluding diaryl/α,β-unsaturated/α-hetero) is 1. The summed E-state index contributed by atoms with van der Waals surface area (Å²) in [6.07, 6.45) is 4.50. The molecule has 1 aliphatic carbocycles. The van der Waals surface area contributed by atoms with E-state index in [2.05, 4.69) is 0 Å². The third-order valence-corrected chi connectivity index (χ3v) is 6.10. The van der Waals surface area contributed by atoms with Gasteiger partial charge in [-0.1, -0.05) is 18.9 Å². The standard InChI is InChI=1S/C17H20O3S.Ca.2H/c1-10(17(19)20)11-6-7-15-14(8-11)16(18)13-5-3-2-4-12(13)9-21-15;;;/h6-8,10,12-13H,2-5,9H2,1H3,(H,19,20);;;/q;+2;2*-1. The van der Waals surface area contributed by atoms with Gasteiger partial charge in [0.25, 0.3) is 0 Å². The van der Waals surface area contributed by atoms with Crippen LogP contribution in [0.15, 0.2) is 23.1 Å². The Morgan fingerprint density at radius 2 is 2.09 bits per heavy atom. The Kier molecular flexibility index (Phi) is 6.40. The third kappa shape index (κ3) is 3.55. The summed E-state index contributed by atoms with van der Waals surface area (Å²) in [7, 11) is 0. The van der Waals surface area contributed by atoms with Crippen molar-refractivity contribution in [2.45, 2.75) is 43.4 Å². The number of carboxylic acids is 1. The topological polar surface area (TPSA) is 54.4 Å². The van der Waals surface area contributed by atoms with Gasteiger partial charge < -0.3 is 7.96 Å². The van der Waals surface area contributed by atoms with Crippen molar-refractivity contribution in [3.63, 3.8) is 0 Å². The number of ketones is 1. The van der Waals surface area contributed by atoms with Gasteiger partial charge in [0.1, 0.15) is 0 Å². The minimum atomic E-state index is -0.848. The van der Waals surface area contributed by atoms with E-state index < -0.39 is 11.9 Å². The summed E-state index contributed by atoms with van der Waals surface area (Å²) in [5.74, 6) is 0.459. The van der Waals surface area contributed by atoms with Gasteiger partial charge in [0.15, 0.2) is 5.78 Å². The first-order valence-corrected chi connectivity index (χ1v) is 8.60. The second-order valence-electron chi connectivity index (χ2n) is 6.14. The molecule has 3 atom stereocenters. The van der Waals surface area contributed by atoms with Gasteiger partial charge in [-0.15, -0.1) is 11.8 Å². The van der Waals surface area contributed by atoms with Crippen LogP contribution in [0.1, 0.15) is 57.3 Å². The van der Waals surface area contributed by atoms with Gasteiger partial charge in [0.2, 0.25) is 0 Å². The number of carboxylic acid groups (broad SMARTS) is 1. The van der Waals surface area contributed by atoms with Crippen molar-refractivity contribution in [3.8, 4) is 0 Å². The van der Waals surface area contributed by atoms with E-state index in [1.54, 1.807) is 18.7 Å². The van der Waals surface area contributed by atoms with Gasteiger partial charge in [-0.05, 0) is 43.4 Å². The van der Waals surface area contributed by atoms with Gasteiger partial charge in [0, 0.05) is 22.1 Å². The monoisotopic (exact) mass is 346 g/mol. The summed E-state index contributed by atoms with van der Waals surface area (Å²) in [4.78, 5) is 25.0. The number of carbonyl (C=O) groups excluding carboxylic acids is 1. The summed E-state index contributed by atoms with van der Waals surface area (Å²) in [6, 6.07) is 5.61. The molecule has 1 saturated carbocycles. The number of hydrogen-bond acceptors (Lipinski definition) is 3. The van der Waals surface area contributed by atoms with Crippen LogP contribution in [-0.2, 0) is 4.79 Å². The van der Waals surface area contributed by atoms with Crippen LogP contribution in [0.25, 0.3) is 0 Å². The predicted molar refractivity (Wildman–Crippen MR) is 91.0 cm³/mol. The quantitative estimate of drug-likeness (QED) is 0.827. The molecule has 5 heteroatoms. The molecule has 0 saturated heterocycles. The molecule has 0 radical (unpaired) electrons. The van der Waals surface area contributed by atoms with Crippen LogP contribution >= 0.6 is 11.8 Å². The van der Waals surface area contributed by atoms with Crippen molar-refractivity contribution in [1.29, 1.82) is 0 Å². The fraction of sp³-hybridized carbons (Fsp3) is 0.529. The number of fused-ring (bicyclic) bond motifs is 2. The van der Waals surface area contributed by atoms with E-state index in [-0.39, 0.29) is 52.3 Å². The van der Waals surface area contributed by atoms with E-state index in [1.165, 1.54) is 6.42 Å². The zero-order valence-corrected chi connectivity index (χ0v) is 15.9. The summed E-state index contributed by atoms with van der Waals surface area (Å²) in [6.45, 7) is 1.67. The number of carbonyl (C=O) groups is 2. The molecule has 2 aliphatic rings. The Balaban J connectivity index is 0.00000176. The van der Waals surface area contributed by atoms with Gasteiger partial charge in [-0.3, -0.25) is 9.59 Å². The molecule has 3 unspecified atom stereocenters. The van der Waals surface area contributed by atoms with Crippen molar-refractivity contribution in [2.75, 3.05) is 5.75 Å². The second-order valence-corrected chi connectivity index (χ2v) is 7.20. The zero-order chi connectivity index (χ0) is 15.0. The van der Waals surface area contributed by atoms with Crippen LogP contribution in [0.5, 0.6) is 0 Å². The Labute approximate surface area is 168 Å². The molecule has 1 aliphatic heterocycles. The molecule has 0 amide bonds. The van der Waals surface area contributed by atoms with Crippen LogP contribution in [0, 0.1) is 11.8 Å². The number of benzene rings is 1. The number of rotatable bonds is 2. The maximum absolute atomic E-state index is 12.9. The predicted octanol–water partition coefficient (Wildman–Crippen LogP) is 3.81. The molecule has 0 aromatic heterocycles. The summed E-state index contributed by atoms with van der Waals surface area (Å²) in [5.41, 5.74) is 1.48. The van der Waals surface area contributed by atoms with E-state index in [1.807, 2.05) is 18.2 Å². The fourth-order valence-electron chi connectivity index (χ4n) is 3.43. The van der Waals surface area contributed by atoms with Gasteiger partial charge in [-0.25, -0.2) is 0 Å². The van der Waals surface area contributed by atoms with Gasteiger partial charge in [0.05, 0.1) is 5.92 Å². The Bertz CT molecular complexity index is 597. The van der Waals surface area contributed by atoms with E-state index in [0.717, 1.165) is 41.0 Å². The van der Waals surface area contributed by atoms with Crippen molar-refractivity contribution in [2.24, 2.45) is 11.8 Å². The number of hydrogen-bond donors (Lipinski definition) is 1. The summed E-state index contributed by atoms with van der Waals surface area (Å²) < 4.78 is 0. The second kappa shape index (κ2) is 7.69. The van der Waals surface area contributed by atoms with Crippen LogP contribution in [-0.4, -0.2) is 60.4 Å². The first-order chi connectivity index (χ1) is 10.1. The molecule has 116 valence electrons. The first kappa shape index (κ1) is 18.3. The smallest absolute Gasteiger partial charge is 1.00 e. The molecule has 0 bridgehead atoms.